The molecule has 0 atom stereocenters. The topological polar surface area (TPSA) is 16.3 Å². The second-order valence-corrected chi connectivity index (χ2v) is 32.6. The number of para-hydroxylation sites is 4. The molecule has 18 aromatic carbocycles. The van der Waals surface area contributed by atoms with E-state index < -0.39 is 0 Å². The van der Waals surface area contributed by atoms with Crippen molar-refractivity contribution >= 4 is 101 Å². The number of benzene rings is 18. The fourth-order valence-electron chi connectivity index (χ4n) is 19.3. The van der Waals surface area contributed by atoms with Gasteiger partial charge < -0.3 is 18.9 Å². The summed E-state index contributed by atoms with van der Waals surface area (Å²) in [7, 11) is 0. The molecule has 20 aromatic rings. The van der Waals surface area contributed by atoms with Crippen molar-refractivity contribution in [1.82, 2.24) is 9.13 Å². The van der Waals surface area contributed by atoms with Crippen molar-refractivity contribution in [2.75, 3.05) is 9.80 Å². The first kappa shape index (κ1) is 70.8. The van der Waals surface area contributed by atoms with Gasteiger partial charge >= 0.3 is 0 Å². The van der Waals surface area contributed by atoms with Gasteiger partial charge in [0.05, 0.1) is 33.4 Å². The Morgan fingerprint density at radius 2 is 0.462 bits per heavy atom. The molecule has 4 nitrogen and oxygen atoms in total. The van der Waals surface area contributed by atoms with E-state index in [1.165, 1.54) is 71.3 Å². The molecule has 0 radical (unpaired) electrons. The van der Waals surface area contributed by atoms with Gasteiger partial charge in [-0.2, -0.15) is 0 Å². The SMILES string of the molecule is CC(C)c1cc(-c2ccccc2)c(N2c3cc(-n4c5ccccc5c5ccccc54)ccc3B3c4ccc(-n5c6ccccc6c6ccccc65)cc4N(c4c(-c5ccccc5)cc(C(C)C)cc4-c4cccc(-c5cccc(-c6ccccc6)c5)c4)c4cc(-c5ccccc5)cc2c43)c(-c2cccc(-c3cccc(-c4ccccc4)c3)c2)c1. The molecule has 2 aromatic heterocycles. The van der Waals surface area contributed by atoms with E-state index in [9.17, 15) is 0 Å². The third-order valence-electron chi connectivity index (χ3n) is 25.0. The Morgan fingerprint density at radius 3 is 0.790 bits per heavy atom. The lowest BCUT2D eigenvalue weighted by atomic mass is 9.33. The normalized spacial score (nSPS) is 12.3. The van der Waals surface area contributed by atoms with E-state index in [0.717, 1.165) is 145 Å². The van der Waals surface area contributed by atoms with Crippen molar-refractivity contribution in [3.63, 3.8) is 0 Å². The number of aromatic nitrogens is 2. The van der Waals surface area contributed by atoms with Crippen LogP contribution in [0.4, 0.5) is 34.1 Å². The van der Waals surface area contributed by atoms with Crippen molar-refractivity contribution in [1.29, 1.82) is 0 Å². The summed E-state index contributed by atoms with van der Waals surface area (Å²) in [6, 6.07) is 158. The summed E-state index contributed by atoms with van der Waals surface area (Å²) in [5.41, 5.74) is 40.1. The van der Waals surface area contributed by atoms with E-state index in [1.54, 1.807) is 0 Å². The summed E-state index contributed by atoms with van der Waals surface area (Å²) in [4.78, 5) is 5.48. The van der Waals surface area contributed by atoms with Gasteiger partial charge in [-0.05, 0) is 226 Å². The summed E-state index contributed by atoms with van der Waals surface area (Å²) in [6.07, 6.45) is 0. The highest BCUT2D eigenvalue weighted by Gasteiger charge is 2.46. The predicted octanol–water partition coefficient (Wildman–Crippen LogP) is 29.2. The molecule has 0 N–H and O–H groups in total. The molecule has 119 heavy (non-hydrogen) atoms. The Morgan fingerprint density at radius 1 is 0.202 bits per heavy atom. The molecule has 0 amide bonds. The maximum atomic E-state index is 2.74. The minimum absolute atomic E-state index is 0.179. The van der Waals surface area contributed by atoms with Gasteiger partial charge in [-0.25, -0.2) is 0 Å². The van der Waals surface area contributed by atoms with Crippen molar-refractivity contribution < 1.29 is 0 Å². The molecule has 22 rings (SSSR count). The second kappa shape index (κ2) is 29.2. The van der Waals surface area contributed by atoms with Gasteiger partial charge in [0.15, 0.2) is 0 Å². The molecule has 0 unspecified atom stereocenters. The Balaban J connectivity index is 0.894. The van der Waals surface area contributed by atoms with Gasteiger partial charge in [0.25, 0.3) is 6.71 Å². The smallest absolute Gasteiger partial charge is 0.252 e. The van der Waals surface area contributed by atoms with E-state index in [-0.39, 0.29) is 18.5 Å². The van der Waals surface area contributed by atoms with E-state index in [4.69, 9.17) is 0 Å². The van der Waals surface area contributed by atoms with Crippen LogP contribution in [0.1, 0.15) is 50.7 Å². The molecular weight excluding hydrogens is 1440 g/mol. The summed E-state index contributed by atoms with van der Waals surface area (Å²) in [5.74, 6) is 0.357. The van der Waals surface area contributed by atoms with E-state index in [2.05, 4.69) is 465 Å². The average Bonchev–Trinajstić information content (AvgIpc) is 0.892. The van der Waals surface area contributed by atoms with E-state index in [1.807, 2.05) is 0 Å². The van der Waals surface area contributed by atoms with Crippen LogP contribution in [0.2, 0.25) is 0 Å². The molecule has 0 bridgehead atoms. The van der Waals surface area contributed by atoms with Crippen molar-refractivity contribution in [3.8, 4) is 112 Å². The van der Waals surface area contributed by atoms with Gasteiger partial charge in [-0.1, -0.05) is 337 Å². The molecule has 2 aliphatic heterocycles. The zero-order valence-corrected chi connectivity index (χ0v) is 66.9. The maximum Gasteiger partial charge on any atom is 0.252 e. The first-order valence-corrected chi connectivity index (χ1v) is 41.8. The molecule has 2 aliphatic rings. The van der Waals surface area contributed by atoms with E-state index in [0.29, 0.717) is 0 Å². The van der Waals surface area contributed by atoms with Crippen LogP contribution in [0, 0.1) is 0 Å². The molecule has 5 heteroatoms. The van der Waals surface area contributed by atoms with Gasteiger partial charge in [-0.15, -0.1) is 0 Å². The van der Waals surface area contributed by atoms with Crippen molar-refractivity contribution in [2.45, 2.75) is 39.5 Å². The minimum atomic E-state index is -0.306. The minimum Gasteiger partial charge on any atom is -0.310 e. The first-order valence-electron chi connectivity index (χ1n) is 41.8. The Labute approximate surface area is 695 Å². The summed E-state index contributed by atoms with van der Waals surface area (Å²) in [5, 5.41) is 4.86. The highest BCUT2D eigenvalue weighted by molar-refractivity contribution is 7.00. The third kappa shape index (κ3) is 12.1. The van der Waals surface area contributed by atoms with Gasteiger partial charge in [0.2, 0.25) is 0 Å². The first-order chi connectivity index (χ1) is 58.7. The zero-order chi connectivity index (χ0) is 79.3. The Bertz CT molecular complexity index is 6840. The van der Waals surface area contributed by atoms with Gasteiger partial charge in [-0.3, -0.25) is 0 Å². The van der Waals surface area contributed by atoms with Gasteiger partial charge in [0.1, 0.15) is 0 Å². The van der Waals surface area contributed by atoms with Crippen molar-refractivity contribution in [2.24, 2.45) is 0 Å². The summed E-state index contributed by atoms with van der Waals surface area (Å²) in [6.45, 7) is 9.09. The largest absolute Gasteiger partial charge is 0.310 e. The molecular formula is C114H83BN4. The third-order valence-corrected chi connectivity index (χ3v) is 25.0. The van der Waals surface area contributed by atoms with Crippen LogP contribution in [-0.2, 0) is 0 Å². The monoisotopic (exact) mass is 1520 g/mol. The number of rotatable bonds is 15. The lowest BCUT2D eigenvalue weighted by Crippen LogP contribution is -2.61. The average molecular weight is 1520 g/mol. The second-order valence-electron chi connectivity index (χ2n) is 32.6. The number of anilines is 6. The lowest BCUT2D eigenvalue weighted by Gasteiger charge is -2.46. The number of fused-ring (bicyclic) bond motifs is 10. The number of nitrogens with zero attached hydrogens (tertiary/aromatic N) is 4. The highest BCUT2D eigenvalue weighted by Crippen LogP contribution is 2.56. The van der Waals surface area contributed by atoms with Crippen LogP contribution in [0.15, 0.2) is 419 Å². The number of hydrogen-bond acceptors (Lipinski definition) is 2. The van der Waals surface area contributed by atoms with Crippen LogP contribution in [0.25, 0.3) is 155 Å². The summed E-state index contributed by atoms with van der Waals surface area (Å²) >= 11 is 0. The van der Waals surface area contributed by atoms with Crippen LogP contribution in [0.3, 0.4) is 0 Å². The van der Waals surface area contributed by atoms with Crippen LogP contribution < -0.4 is 26.2 Å². The zero-order valence-electron chi connectivity index (χ0n) is 66.9. The van der Waals surface area contributed by atoms with Crippen LogP contribution in [-0.4, -0.2) is 15.8 Å². The molecule has 562 valence electrons. The molecule has 0 spiro atoms. The summed E-state index contributed by atoms with van der Waals surface area (Å²) < 4.78 is 5.02. The molecule has 0 saturated carbocycles. The molecule has 0 saturated heterocycles. The quantitative estimate of drug-likeness (QED) is 0.0951. The molecule has 4 heterocycles. The Hall–Kier alpha value is -14.8. The fourth-order valence-corrected chi connectivity index (χ4v) is 19.3. The standard InChI is InChI=1S/C114H83BN4/c1-74(2)89-66-98(79-38-16-8-17-39-79)113(100(68-89)87-48-30-46-85(64-87)83-44-28-42-81(62-83)76-32-10-5-11-33-76)118-108-72-92(116-104-54-24-20-50-94(104)95-51-21-25-55-105(95)116)58-60-102(108)115-103-61-59-93(117-106-56-26-22-52-96(106)97-53-23-27-57-107(97)117)73-109(103)119(111-71-91(70-110(118)112(111)115)78-36-14-7-15-37-78)114-99(80-40-18-9-19-41-80)67-90(75(3)4)69-101(114)88-49-31-47-86(65-88)84-45-29-43-82(63-84)77-34-12-6-13-35-77/h5-75H,1-4H3. The lowest BCUT2D eigenvalue weighted by molar-refractivity contribution is 0.867. The van der Waals surface area contributed by atoms with Crippen LogP contribution >= 0.6 is 0 Å². The molecule has 0 aliphatic carbocycles. The maximum absolute atomic E-state index is 2.74. The predicted molar refractivity (Wildman–Crippen MR) is 506 cm³/mol. The fraction of sp³-hybridized carbons (Fsp3) is 0.0526. The van der Waals surface area contributed by atoms with Gasteiger partial charge in [0, 0.05) is 77.9 Å². The highest BCUT2D eigenvalue weighted by atomic mass is 15.2. The number of hydrogen-bond donors (Lipinski definition) is 0. The Kier molecular flexibility index (Phi) is 17.4. The molecule has 0 fully saturated rings. The van der Waals surface area contributed by atoms with Crippen LogP contribution in [0.5, 0.6) is 0 Å². The van der Waals surface area contributed by atoms with E-state index >= 15 is 0 Å². The van der Waals surface area contributed by atoms with Crippen molar-refractivity contribution in [3.05, 3.63) is 430 Å².